The summed E-state index contributed by atoms with van der Waals surface area (Å²) in [6, 6.07) is 1.56. The quantitative estimate of drug-likeness (QED) is 0.618. The molecule has 0 radical (unpaired) electrons. The molecule has 0 atom stereocenters. The molecular weight excluding hydrogens is 204 g/mol. The van der Waals surface area contributed by atoms with Crippen molar-refractivity contribution in [1.29, 1.82) is 0 Å². The largest absolute Gasteiger partial charge is 0.507 e. The smallest absolute Gasteiger partial charge is 0.263 e. The summed E-state index contributed by atoms with van der Waals surface area (Å²) in [4.78, 5) is 16.0. The number of hydrogen-bond acceptors (Lipinski definition) is 3. The number of aromatic hydroxyl groups is 1. The Kier molecular flexibility index (Phi) is 3.66. The van der Waals surface area contributed by atoms with Gasteiger partial charge in [0.25, 0.3) is 5.56 Å². The first-order valence-electron chi connectivity index (χ1n) is 5.01. The van der Waals surface area contributed by atoms with Crippen molar-refractivity contribution in [2.45, 2.75) is 13.8 Å². The van der Waals surface area contributed by atoms with Crippen LogP contribution in [0.3, 0.4) is 0 Å². The van der Waals surface area contributed by atoms with E-state index in [0.717, 1.165) is 0 Å². The minimum absolute atomic E-state index is 0.0223. The van der Waals surface area contributed by atoms with E-state index in [0.29, 0.717) is 18.0 Å². The summed E-state index contributed by atoms with van der Waals surface area (Å²) in [7, 11) is 1.67. The molecule has 4 nitrogen and oxygen atoms in total. The molecule has 16 heavy (non-hydrogen) atoms. The summed E-state index contributed by atoms with van der Waals surface area (Å²) in [5.41, 5.74) is 1.26. The summed E-state index contributed by atoms with van der Waals surface area (Å²) >= 11 is 0. The van der Waals surface area contributed by atoms with Crippen molar-refractivity contribution in [3.8, 4) is 5.75 Å². The second-order valence-corrected chi connectivity index (χ2v) is 3.62. The second-order valence-electron chi connectivity index (χ2n) is 3.62. The molecule has 1 N–H and O–H groups in total. The van der Waals surface area contributed by atoms with Gasteiger partial charge in [0.05, 0.1) is 6.54 Å². The van der Waals surface area contributed by atoms with Crippen LogP contribution in [0.15, 0.2) is 28.5 Å². The molecule has 0 bridgehead atoms. The minimum Gasteiger partial charge on any atom is -0.507 e. The van der Waals surface area contributed by atoms with Crippen LogP contribution in [-0.2, 0) is 7.05 Å². The van der Waals surface area contributed by atoms with Gasteiger partial charge in [0.15, 0.2) is 0 Å². The Morgan fingerprint density at radius 1 is 1.69 bits per heavy atom. The molecule has 0 aliphatic carbocycles. The lowest BCUT2D eigenvalue weighted by atomic mass is 10.1. The highest BCUT2D eigenvalue weighted by Gasteiger charge is 2.12. The first kappa shape index (κ1) is 12.2. The highest BCUT2D eigenvalue weighted by molar-refractivity contribution is 6.00. The topological polar surface area (TPSA) is 54.6 Å². The average Bonchev–Trinajstić information content (AvgIpc) is 2.23. The predicted octanol–water partition coefficient (Wildman–Crippen LogP) is 1.39. The van der Waals surface area contributed by atoms with Crippen molar-refractivity contribution in [3.63, 3.8) is 0 Å². The summed E-state index contributed by atoms with van der Waals surface area (Å²) in [5, 5.41) is 9.75. The maximum absolute atomic E-state index is 11.9. The summed E-state index contributed by atoms with van der Waals surface area (Å²) in [5.74, 6) is -0.0223. The first-order chi connectivity index (χ1) is 7.49. The number of aryl methyl sites for hydroxylation is 1. The molecule has 0 fully saturated rings. The Morgan fingerprint density at radius 2 is 2.31 bits per heavy atom. The van der Waals surface area contributed by atoms with Gasteiger partial charge in [-0.2, -0.15) is 0 Å². The highest BCUT2D eigenvalue weighted by atomic mass is 16.3. The van der Waals surface area contributed by atoms with Crippen LogP contribution in [-0.4, -0.2) is 21.9 Å². The second kappa shape index (κ2) is 4.79. The number of aliphatic imine (C=N–C) groups is 1. The van der Waals surface area contributed by atoms with Gasteiger partial charge in [0.1, 0.15) is 11.3 Å². The van der Waals surface area contributed by atoms with Crippen molar-refractivity contribution < 1.29 is 5.11 Å². The van der Waals surface area contributed by atoms with E-state index in [4.69, 9.17) is 0 Å². The summed E-state index contributed by atoms with van der Waals surface area (Å²) < 4.78 is 1.49. The monoisotopic (exact) mass is 220 g/mol. The standard InChI is InChI=1S/C12H16N2O2/c1-5-6-13-9(3)11-10(15)7-8(2)14(4)12(11)16/h5,7,15H,1,6H2,2-4H3. The van der Waals surface area contributed by atoms with Crippen LogP contribution in [0.2, 0.25) is 0 Å². The molecule has 0 aliphatic rings. The number of nitrogens with zero attached hydrogens (tertiary/aromatic N) is 2. The van der Waals surface area contributed by atoms with Crippen LogP contribution in [0.5, 0.6) is 5.75 Å². The van der Waals surface area contributed by atoms with Gasteiger partial charge < -0.3 is 9.67 Å². The fourth-order valence-corrected chi connectivity index (χ4v) is 1.42. The van der Waals surface area contributed by atoms with Crippen LogP contribution in [0.25, 0.3) is 0 Å². The molecule has 0 saturated heterocycles. The molecule has 4 heteroatoms. The normalized spacial score (nSPS) is 11.6. The van der Waals surface area contributed by atoms with Gasteiger partial charge in [-0.1, -0.05) is 6.08 Å². The molecule has 1 rings (SSSR count). The molecule has 86 valence electrons. The van der Waals surface area contributed by atoms with E-state index in [1.54, 1.807) is 33.0 Å². The molecule has 1 heterocycles. The van der Waals surface area contributed by atoms with Crippen molar-refractivity contribution in [2.75, 3.05) is 6.54 Å². The molecule has 1 aromatic heterocycles. The van der Waals surface area contributed by atoms with E-state index < -0.39 is 0 Å². The number of pyridine rings is 1. The van der Waals surface area contributed by atoms with Gasteiger partial charge in [-0.05, 0) is 13.8 Å². The van der Waals surface area contributed by atoms with Gasteiger partial charge in [-0.3, -0.25) is 9.79 Å². The maximum Gasteiger partial charge on any atom is 0.263 e. The van der Waals surface area contributed by atoms with Gasteiger partial charge >= 0.3 is 0 Å². The Hall–Kier alpha value is -1.84. The number of aromatic nitrogens is 1. The zero-order valence-corrected chi connectivity index (χ0v) is 9.82. The highest BCUT2D eigenvalue weighted by Crippen LogP contribution is 2.15. The van der Waals surface area contributed by atoms with Crippen LogP contribution >= 0.6 is 0 Å². The summed E-state index contributed by atoms with van der Waals surface area (Å²) in [6.07, 6.45) is 1.64. The van der Waals surface area contributed by atoms with Gasteiger partial charge in [-0.15, -0.1) is 6.58 Å². The van der Waals surface area contributed by atoms with Gasteiger partial charge in [0, 0.05) is 24.5 Å². The van der Waals surface area contributed by atoms with E-state index >= 15 is 0 Å². The van der Waals surface area contributed by atoms with Crippen molar-refractivity contribution in [2.24, 2.45) is 12.0 Å². The van der Waals surface area contributed by atoms with Crippen LogP contribution in [0.1, 0.15) is 18.2 Å². The molecule has 0 aliphatic heterocycles. The third-order valence-corrected chi connectivity index (χ3v) is 2.47. The Labute approximate surface area is 94.6 Å². The van der Waals surface area contributed by atoms with E-state index in [-0.39, 0.29) is 16.9 Å². The lowest BCUT2D eigenvalue weighted by Gasteiger charge is -2.09. The third kappa shape index (κ3) is 2.21. The molecule has 1 aromatic rings. The Bertz CT molecular complexity index is 498. The Morgan fingerprint density at radius 3 is 2.88 bits per heavy atom. The van der Waals surface area contributed by atoms with Crippen molar-refractivity contribution >= 4 is 5.71 Å². The Balaban J connectivity index is 3.40. The van der Waals surface area contributed by atoms with Crippen molar-refractivity contribution in [3.05, 3.63) is 40.3 Å². The van der Waals surface area contributed by atoms with E-state index in [9.17, 15) is 9.90 Å². The molecule has 0 aromatic carbocycles. The number of hydrogen-bond donors (Lipinski definition) is 1. The van der Waals surface area contributed by atoms with Crippen LogP contribution in [0, 0.1) is 6.92 Å². The zero-order chi connectivity index (χ0) is 12.3. The molecule has 0 unspecified atom stereocenters. The maximum atomic E-state index is 11.9. The molecular formula is C12H16N2O2. The van der Waals surface area contributed by atoms with E-state index in [2.05, 4.69) is 11.6 Å². The molecule has 0 spiro atoms. The zero-order valence-electron chi connectivity index (χ0n) is 9.82. The van der Waals surface area contributed by atoms with Crippen molar-refractivity contribution in [1.82, 2.24) is 4.57 Å². The average molecular weight is 220 g/mol. The molecule has 0 amide bonds. The predicted molar refractivity (Wildman–Crippen MR) is 65.4 cm³/mol. The van der Waals surface area contributed by atoms with Gasteiger partial charge in [-0.25, -0.2) is 0 Å². The SMILES string of the molecule is C=CCN=C(C)c1c(O)cc(C)n(C)c1=O. The molecule has 0 saturated carbocycles. The van der Waals surface area contributed by atoms with E-state index in [1.165, 1.54) is 4.57 Å². The fourth-order valence-electron chi connectivity index (χ4n) is 1.42. The fraction of sp³-hybridized carbons (Fsp3) is 0.333. The van der Waals surface area contributed by atoms with Crippen LogP contribution in [0.4, 0.5) is 0 Å². The van der Waals surface area contributed by atoms with Crippen LogP contribution < -0.4 is 5.56 Å². The summed E-state index contributed by atoms with van der Waals surface area (Å²) in [6.45, 7) is 7.45. The first-order valence-corrected chi connectivity index (χ1v) is 5.01. The van der Waals surface area contributed by atoms with Gasteiger partial charge in [0.2, 0.25) is 0 Å². The number of rotatable bonds is 3. The van der Waals surface area contributed by atoms with E-state index in [1.807, 2.05) is 0 Å². The lowest BCUT2D eigenvalue weighted by Crippen LogP contribution is -2.25. The minimum atomic E-state index is -0.234. The third-order valence-electron chi connectivity index (χ3n) is 2.47. The lowest BCUT2D eigenvalue weighted by molar-refractivity contribution is 0.469.